The van der Waals surface area contributed by atoms with Gasteiger partial charge in [0, 0.05) is 6.54 Å². The first-order valence-electron chi connectivity index (χ1n) is 6.16. The maximum absolute atomic E-state index is 11.5. The lowest BCUT2D eigenvalue weighted by molar-refractivity contribution is -0.122. The third-order valence-corrected chi connectivity index (χ3v) is 3.30. The molecule has 1 rings (SSSR count). The molecule has 1 amide bonds. The molecule has 1 saturated carbocycles. The minimum Gasteiger partial charge on any atom is -0.354 e. The topological polar surface area (TPSA) is 55.1 Å². The van der Waals surface area contributed by atoms with Gasteiger partial charge < -0.3 is 11.1 Å². The summed E-state index contributed by atoms with van der Waals surface area (Å²) in [7, 11) is 0. The van der Waals surface area contributed by atoms with E-state index in [1.165, 1.54) is 19.3 Å². The van der Waals surface area contributed by atoms with Crippen LogP contribution in [0.5, 0.6) is 0 Å². The molecule has 1 aliphatic rings. The van der Waals surface area contributed by atoms with Gasteiger partial charge in [0.05, 0.1) is 6.04 Å². The number of nitrogens with two attached hydrogens (primary N) is 1. The third kappa shape index (κ3) is 4.20. The zero-order valence-electron chi connectivity index (χ0n) is 9.96. The summed E-state index contributed by atoms with van der Waals surface area (Å²) < 4.78 is 0. The lowest BCUT2D eigenvalue weighted by Crippen LogP contribution is -2.42. The van der Waals surface area contributed by atoms with Gasteiger partial charge in [0.25, 0.3) is 0 Å². The van der Waals surface area contributed by atoms with E-state index in [2.05, 4.69) is 12.2 Å². The van der Waals surface area contributed by atoms with Gasteiger partial charge in [0.15, 0.2) is 0 Å². The Morgan fingerprint density at radius 2 is 2.27 bits per heavy atom. The molecule has 88 valence electrons. The van der Waals surface area contributed by atoms with Crippen molar-refractivity contribution in [2.24, 2.45) is 17.6 Å². The highest BCUT2D eigenvalue weighted by atomic mass is 16.2. The Hall–Kier alpha value is -0.570. The van der Waals surface area contributed by atoms with Gasteiger partial charge in [-0.15, -0.1) is 0 Å². The van der Waals surface area contributed by atoms with E-state index in [1.54, 1.807) is 0 Å². The second-order valence-electron chi connectivity index (χ2n) is 4.92. The van der Waals surface area contributed by atoms with Crippen molar-refractivity contribution in [2.45, 2.75) is 52.0 Å². The predicted molar refractivity (Wildman–Crippen MR) is 62.4 cm³/mol. The summed E-state index contributed by atoms with van der Waals surface area (Å²) in [4.78, 5) is 11.5. The Balaban J connectivity index is 2.16. The summed E-state index contributed by atoms with van der Waals surface area (Å²) in [5, 5.41) is 2.97. The number of hydrogen-bond donors (Lipinski definition) is 2. The Kier molecular flexibility index (Phi) is 5.09. The van der Waals surface area contributed by atoms with Gasteiger partial charge >= 0.3 is 0 Å². The molecule has 3 nitrogen and oxygen atoms in total. The number of carbonyl (C=O) groups excluding carboxylic acids is 1. The van der Waals surface area contributed by atoms with E-state index in [0.717, 1.165) is 25.3 Å². The van der Waals surface area contributed by atoms with Gasteiger partial charge in [-0.3, -0.25) is 4.79 Å². The van der Waals surface area contributed by atoms with Gasteiger partial charge in [-0.05, 0) is 31.1 Å². The second kappa shape index (κ2) is 6.11. The third-order valence-electron chi connectivity index (χ3n) is 3.30. The van der Waals surface area contributed by atoms with E-state index in [9.17, 15) is 4.79 Å². The van der Waals surface area contributed by atoms with E-state index in [4.69, 9.17) is 5.73 Å². The average molecular weight is 212 g/mol. The molecule has 0 radical (unpaired) electrons. The van der Waals surface area contributed by atoms with Crippen LogP contribution in [-0.2, 0) is 4.79 Å². The zero-order chi connectivity index (χ0) is 11.3. The molecule has 0 aromatic carbocycles. The van der Waals surface area contributed by atoms with Crippen molar-refractivity contribution in [3.8, 4) is 0 Å². The zero-order valence-corrected chi connectivity index (χ0v) is 9.96. The van der Waals surface area contributed by atoms with Crippen molar-refractivity contribution in [3.63, 3.8) is 0 Å². The number of amides is 1. The van der Waals surface area contributed by atoms with Crippen LogP contribution in [0.4, 0.5) is 0 Å². The molecule has 0 aromatic rings. The molecule has 3 atom stereocenters. The van der Waals surface area contributed by atoms with E-state index >= 15 is 0 Å². The summed E-state index contributed by atoms with van der Waals surface area (Å²) in [5.74, 6) is 1.53. The molecule has 1 aliphatic carbocycles. The molecular formula is C12H24N2O. The average Bonchev–Trinajstić information content (AvgIpc) is 2.61. The maximum Gasteiger partial charge on any atom is 0.236 e. The Labute approximate surface area is 92.8 Å². The monoisotopic (exact) mass is 212 g/mol. The van der Waals surface area contributed by atoms with Crippen LogP contribution in [0.25, 0.3) is 0 Å². The van der Waals surface area contributed by atoms with Gasteiger partial charge in [-0.1, -0.05) is 26.7 Å². The number of carbonyl (C=O) groups is 1. The molecule has 3 heteroatoms. The van der Waals surface area contributed by atoms with E-state index < -0.39 is 0 Å². The van der Waals surface area contributed by atoms with Crippen LogP contribution in [-0.4, -0.2) is 18.5 Å². The molecule has 15 heavy (non-hydrogen) atoms. The number of nitrogens with one attached hydrogen (secondary N) is 1. The van der Waals surface area contributed by atoms with Gasteiger partial charge in [-0.2, -0.15) is 0 Å². The van der Waals surface area contributed by atoms with Crippen LogP contribution < -0.4 is 11.1 Å². The standard InChI is InChI=1S/C12H24N2O/c1-3-4-11(13)12(15)14-8-10-6-5-9(2)7-10/h9-11H,3-8,13H2,1-2H3,(H,14,15). The highest BCUT2D eigenvalue weighted by Gasteiger charge is 2.22. The molecule has 0 aromatic heterocycles. The molecule has 0 bridgehead atoms. The second-order valence-corrected chi connectivity index (χ2v) is 4.92. The van der Waals surface area contributed by atoms with Crippen molar-refractivity contribution in [2.75, 3.05) is 6.54 Å². The molecule has 3 N–H and O–H groups in total. The molecule has 0 saturated heterocycles. The Bertz CT molecular complexity index is 206. The first-order chi connectivity index (χ1) is 7.13. The van der Waals surface area contributed by atoms with E-state index in [0.29, 0.717) is 5.92 Å². The van der Waals surface area contributed by atoms with Gasteiger partial charge in [0.2, 0.25) is 5.91 Å². The van der Waals surface area contributed by atoms with Crippen LogP contribution in [0.2, 0.25) is 0 Å². The number of hydrogen-bond acceptors (Lipinski definition) is 2. The first-order valence-corrected chi connectivity index (χ1v) is 6.16. The molecule has 0 spiro atoms. The largest absolute Gasteiger partial charge is 0.354 e. The van der Waals surface area contributed by atoms with Crippen LogP contribution in [0.3, 0.4) is 0 Å². The van der Waals surface area contributed by atoms with E-state index in [1.807, 2.05) is 6.92 Å². The number of rotatable bonds is 5. The Morgan fingerprint density at radius 1 is 1.53 bits per heavy atom. The summed E-state index contributed by atoms with van der Waals surface area (Å²) in [6, 6.07) is -0.311. The lowest BCUT2D eigenvalue weighted by Gasteiger charge is -2.14. The highest BCUT2D eigenvalue weighted by Crippen LogP contribution is 2.29. The minimum absolute atomic E-state index is 0.0244. The molecule has 0 heterocycles. The summed E-state index contributed by atoms with van der Waals surface area (Å²) in [6.45, 7) is 5.15. The van der Waals surface area contributed by atoms with Crippen molar-refractivity contribution in [3.05, 3.63) is 0 Å². The predicted octanol–water partition coefficient (Wildman–Crippen LogP) is 1.67. The quantitative estimate of drug-likeness (QED) is 0.728. The highest BCUT2D eigenvalue weighted by molar-refractivity contribution is 5.81. The smallest absolute Gasteiger partial charge is 0.236 e. The summed E-state index contributed by atoms with van der Waals surface area (Å²) in [5.41, 5.74) is 5.73. The van der Waals surface area contributed by atoms with Crippen molar-refractivity contribution in [1.82, 2.24) is 5.32 Å². The summed E-state index contributed by atoms with van der Waals surface area (Å²) >= 11 is 0. The fourth-order valence-electron chi connectivity index (χ4n) is 2.33. The SMILES string of the molecule is CCCC(N)C(=O)NCC1CCC(C)C1. The first kappa shape index (κ1) is 12.5. The molecule has 3 unspecified atom stereocenters. The molecule has 0 aliphatic heterocycles. The fraction of sp³-hybridized carbons (Fsp3) is 0.917. The van der Waals surface area contributed by atoms with Crippen LogP contribution in [0, 0.1) is 11.8 Å². The van der Waals surface area contributed by atoms with Crippen LogP contribution in [0.1, 0.15) is 46.0 Å². The summed E-state index contributed by atoms with van der Waals surface area (Å²) in [6.07, 6.45) is 5.57. The van der Waals surface area contributed by atoms with E-state index in [-0.39, 0.29) is 11.9 Å². The molecular weight excluding hydrogens is 188 g/mol. The van der Waals surface area contributed by atoms with Gasteiger partial charge in [-0.25, -0.2) is 0 Å². The Morgan fingerprint density at radius 3 is 2.80 bits per heavy atom. The maximum atomic E-state index is 11.5. The van der Waals surface area contributed by atoms with Crippen LogP contribution in [0.15, 0.2) is 0 Å². The fourth-order valence-corrected chi connectivity index (χ4v) is 2.33. The van der Waals surface area contributed by atoms with Crippen molar-refractivity contribution >= 4 is 5.91 Å². The van der Waals surface area contributed by atoms with Crippen LogP contribution >= 0.6 is 0 Å². The normalized spacial score (nSPS) is 27.7. The molecule has 1 fully saturated rings. The minimum atomic E-state index is -0.311. The van der Waals surface area contributed by atoms with Crippen molar-refractivity contribution < 1.29 is 4.79 Å². The van der Waals surface area contributed by atoms with Crippen molar-refractivity contribution in [1.29, 1.82) is 0 Å². The lowest BCUT2D eigenvalue weighted by atomic mass is 10.1. The van der Waals surface area contributed by atoms with Gasteiger partial charge in [0.1, 0.15) is 0 Å².